The molecule has 0 amide bonds. The molecule has 6 heteroatoms. The minimum atomic E-state index is -3.96. The molecule has 5 nitrogen and oxygen atoms in total. The van der Waals surface area contributed by atoms with Crippen molar-refractivity contribution in [3.8, 4) is 16.9 Å². The molecule has 0 N–H and O–H groups in total. The summed E-state index contributed by atoms with van der Waals surface area (Å²) in [7, 11) is -3.96. The number of benzene rings is 3. The first-order chi connectivity index (χ1) is 13.0. The lowest BCUT2D eigenvalue weighted by Crippen LogP contribution is -2.09. The van der Waals surface area contributed by atoms with Gasteiger partial charge in [-0.1, -0.05) is 48.5 Å². The lowest BCUT2D eigenvalue weighted by Gasteiger charge is -2.08. The predicted molar refractivity (Wildman–Crippen MR) is 102 cm³/mol. The third-order valence-corrected chi connectivity index (χ3v) is 5.29. The first-order valence-electron chi connectivity index (χ1n) is 8.16. The molecule has 0 saturated carbocycles. The van der Waals surface area contributed by atoms with Gasteiger partial charge in [-0.05, 0) is 35.9 Å². The zero-order valence-corrected chi connectivity index (χ0v) is 14.8. The van der Waals surface area contributed by atoms with Crippen molar-refractivity contribution in [3.63, 3.8) is 0 Å². The summed E-state index contributed by atoms with van der Waals surface area (Å²) in [6.07, 6.45) is 0. The predicted octanol–water partition coefficient (Wildman–Crippen LogP) is 4.23. The molecule has 134 valence electrons. The average Bonchev–Trinajstić information content (AvgIpc) is 2.68. The topological polar surface area (TPSA) is 73.6 Å². The van der Waals surface area contributed by atoms with Crippen LogP contribution in [0.4, 0.5) is 0 Å². The van der Waals surface area contributed by atoms with Gasteiger partial charge in [0.05, 0.1) is 5.56 Å². The summed E-state index contributed by atoms with van der Waals surface area (Å²) in [6, 6.07) is 23.3. The van der Waals surface area contributed by atoms with Crippen LogP contribution in [0.2, 0.25) is 0 Å². The van der Waals surface area contributed by atoms with Crippen molar-refractivity contribution < 1.29 is 17.0 Å². The summed E-state index contributed by atoms with van der Waals surface area (Å²) in [5.74, 6) is 0.0713. The van der Waals surface area contributed by atoms with Gasteiger partial charge >= 0.3 is 15.7 Å². The Morgan fingerprint density at radius 2 is 1.44 bits per heavy atom. The van der Waals surface area contributed by atoms with Crippen molar-refractivity contribution in [2.45, 2.75) is 4.90 Å². The maximum Gasteiger partial charge on any atom is 0.344 e. The Morgan fingerprint density at radius 1 is 0.778 bits per heavy atom. The van der Waals surface area contributed by atoms with E-state index in [-0.39, 0.29) is 16.2 Å². The Labute approximate surface area is 155 Å². The van der Waals surface area contributed by atoms with Crippen molar-refractivity contribution in [2.24, 2.45) is 0 Å². The summed E-state index contributed by atoms with van der Waals surface area (Å²) in [6.45, 7) is 0. The van der Waals surface area contributed by atoms with Crippen LogP contribution in [0.1, 0.15) is 0 Å². The van der Waals surface area contributed by atoms with Crippen LogP contribution in [-0.4, -0.2) is 8.42 Å². The van der Waals surface area contributed by atoms with Gasteiger partial charge in [0.15, 0.2) is 0 Å². The van der Waals surface area contributed by atoms with Crippen LogP contribution in [-0.2, 0) is 10.1 Å². The molecule has 0 bridgehead atoms. The van der Waals surface area contributed by atoms with Gasteiger partial charge in [-0.3, -0.25) is 0 Å². The molecule has 4 rings (SSSR count). The molecule has 0 spiro atoms. The Bertz CT molecular complexity index is 1260. The zero-order valence-electron chi connectivity index (χ0n) is 14.0. The van der Waals surface area contributed by atoms with Crippen LogP contribution in [0.25, 0.3) is 22.1 Å². The Morgan fingerprint density at radius 3 is 2.15 bits per heavy atom. The Balaban J connectivity index is 1.72. The van der Waals surface area contributed by atoms with Gasteiger partial charge in [-0.2, -0.15) is 8.42 Å². The third kappa shape index (κ3) is 3.47. The molecule has 3 aromatic carbocycles. The normalized spacial score (nSPS) is 11.4. The van der Waals surface area contributed by atoms with Crippen LogP contribution >= 0.6 is 0 Å². The highest BCUT2D eigenvalue weighted by atomic mass is 32.2. The first-order valence-corrected chi connectivity index (χ1v) is 9.57. The molecule has 0 radical (unpaired) electrons. The second kappa shape index (κ2) is 6.74. The lowest BCUT2D eigenvalue weighted by molar-refractivity contribution is 0.485. The molecule has 27 heavy (non-hydrogen) atoms. The highest BCUT2D eigenvalue weighted by molar-refractivity contribution is 7.87. The average molecular weight is 378 g/mol. The largest absolute Gasteiger partial charge is 0.422 e. The van der Waals surface area contributed by atoms with E-state index in [2.05, 4.69) is 0 Å². The highest BCUT2D eigenvalue weighted by Crippen LogP contribution is 2.26. The van der Waals surface area contributed by atoms with Gasteiger partial charge in [-0.25, -0.2) is 4.79 Å². The van der Waals surface area contributed by atoms with E-state index in [0.717, 1.165) is 5.56 Å². The number of hydrogen-bond donors (Lipinski definition) is 0. The van der Waals surface area contributed by atoms with E-state index in [9.17, 15) is 13.2 Å². The van der Waals surface area contributed by atoms with Gasteiger partial charge in [-0.15, -0.1) is 0 Å². The minimum absolute atomic E-state index is 0.0472. The number of fused-ring (bicyclic) bond motifs is 1. The van der Waals surface area contributed by atoms with Gasteiger partial charge in [0, 0.05) is 11.5 Å². The summed E-state index contributed by atoms with van der Waals surface area (Å²) in [5.41, 5.74) is 0.936. The SMILES string of the molecule is O=c1oc2cc(OS(=O)(=O)c3ccccc3)ccc2cc1-c1ccccc1. The fourth-order valence-corrected chi connectivity index (χ4v) is 3.67. The van der Waals surface area contributed by atoms with Crippen LogP contribution in [0.3, 0.4) is 0 Å². The third-order valence-electron chi connectivity index (χ3n) is 4.03. The summed E-state index contributed by atoms with van der Waals surface area (Å²) < 4.78 is 35.2. The van der Waals surface area contributed by atoms with Crippen molar-refractivity contribution in [1.82, 2.24) is 0 Å². The molecule has 1 aromatic heterocycles. The van der Waals surface area contributed by atoms with E-state index in [0.29, 0.717) is 10.9 Å². The van der Waals surface area contributed by atoms with Crippen molar-refractivity contribution in [3.05, 3.63) is 95.3 Å². The first kappa shape index (κ1) is 17.1. The van der Waals surface area contributed by atoms with Crippen molar-refractivity contribution >= 4 is 21.1 Å². The molecule has 0 aliphatic rings. The van der Waals surface area contributed by atoms with E-state index in [1.54, 1.807) is 30.3 Å². The summed E-state index contributed by atoms with van der Waals surface area (Å²) in [5, 5.41) is 0.665. The molecular formula is C21H14O5S. The van der Waals surface area contributed by atoms with Gasteiger partial charge in [0.25, 0.3) is 0 Å². The second-order valence-electron chi connectivity index (χ2n) is 5.86. The molecular weight excluding hydrogens is 364 g/mol. The maximum atomic E-state index is 12.3. The molecule has 0 aliphatic carbocycles. The molecule has 0 saturated heterocycles. The number of rotatable bonds is 4. The van der Waals surface area contributed by atoms with Gasteiger partial charge in [0.1, 0.15) is 16.2 Å². The lowest BCUT2D eigenvalue weighted by atomic mass is 10.1. The molecule has 0 fully saturated rings. The van der Waals surface area contributed by atoms with Crippen LogP contribution in [0.15, 0.2) is 99.0 Å². The number of hydrogen-bond acceptors (Lipinski definition) is 5. The Kier molecular flexibility index (Phi) is 4.25. The standard InChI is InChI=1S/C21H14O5S/c22-21-19(15-7-3-1-4-8-15)13-16-11-12-17(14-20(16)25-21)26-27(23,24)18-9-5-2-6-10-18/h1-14H. The van der Waals surface area contributed by atoms with Crippen LogP contribution in [0, 0.1) is 0 Å². The van der Waals surface area contributed by atoms with E-state index in [4.69, 9.17) is 8.60 Å². The maximum absolute atomic E-state index is 12.3. The van der Waals surface area contributed by atoms with Crippen LogP contribution in [0.5, 0.6) is 5.75 Å². The molecule has 4 aromatic rings. The molecule has 1 heterocycles. The van der Waals surface area contributed by atoms with E-state index < -0.39 is 15.7 Å². The quantitative estimate of drug-likeness (QED) is 0.392. The zero-order chi connectivity index (χ0) is 18.9. The highest BCUT2D eigenvalue weighted by Gasteiger charge is 2.17. The minimum Gasteiger partial charge on any atom is -0.422 e. The Hall–Kier alpha value is -3.38. The molecule has 0 aliphatic heterocycles. The summed E-state index contributed by atoms with van der Waals surface area (Å²) in [4.78, 5) is 12.4. The van der Waals surface area contributed by atoms with E-state index in [1.807, 2.05) is 30.3 Å². The smallest absolute Gasteiger partial charge is 0.344 e. The van der Waals surface area contributed by atoms with Gasteiger partial charge < -0.3 is 8.60 Å². The van der Waals surface area contributed by atoms with Gasteiger partial charge in [0.2, 0.25) is 0 Å². The summed E-state index contributed by atoms with van der Waals surface area (Å²) >= 11 is 0. The molecule has 0 unspecified atom stereocenters. The van der Waals surface area contributed by atoms with Crippen molar-refractivity contribution in [2.75, 3.05) is 0 Å². The van der Waals surface area contributed by atoms with E-state index in [1.165, 1.54) is 24.3 Å². The van der Waals surface area contributed by atoms with Crippen molar-refractivity contribution in [1.29, 1.82) is 0 Å². The fourth-order valence-electron chi connectivity index (χ4n) is 2.72. The fraction of sp³-hybridized carbons (Fsp3) is 0. The second-order valence-corrected chi connectivity index (χ2v) is 7.41. The molecule has 0 atom stereocenters. The van der Waals surface area contributed by atoms with E-state index >= 15 is 0 Å². The van der Waals surface area contributed by atoms with Crippen LogP contribution < -0.4 is 9.81 Å². The monoisotopic (exact) mass is 378 g/mol.